The molecule has 0 bridgehead atoms. The van der Waals surface area contributed by atoms with E-state index in [1.165, 1.54) is 44.7 Å². The molecule has 210 valence electrons. The van der Waals surface area contributed by atoms with E-state index in [-0.39, 0.29) is 16.7 Å². The zero-order valence-electron chi connectivity index (χ0n) is 22.2. The number of rotatable bonds is 11. The number of anilines is 3. The van der Waals surface area contributed by atoms with Gasteiger partial charge in [0.05, 0.1) is 40.7 Å². The number of nitrogens with one attached hydrogen (secondary N) is 3. The number of amides is 1. The number of halogens is 2. The second kappa shape index (κ2) is 13.0. The SMILES string of the molecule is COC(C)(NCC=CC(=O)Nc1cc2c(Nc3ccc(F)c(Cl)c3)c(C#N)cnc2cc1O[C@H]1CCOC1)OC. The summed E-state index contributed by atoms with van der Waals surface area (Å²) in [5.41, 5.74) is 2.02. The van der Waals surface area contributed by atoms with Crippen molar-refractivity contribution in [3.05, 3.63) is 65.1 Å². The van der Waals surface area contributed by atoms with Gasteiger partial charge in [-0.05, 0) is 24.3 Å². The fraction of sp³-hybridized carbons (Fsp3) is 0.321. The van der Waals surface area contributed by atoms with Crippen LogP contribution in [0.4, 0.5) is 21.5 Å². The van der Waals surface area contributed by atoms with Gasteiger partial charge in [-0.3, -0.25) is 15.1 Å². The molecule has 40 heavy (non-hydrogen) atoms. The average molecular weight is 570 g/mol. The van der Waals surface area contributed by atoms with E-state index in [1.807, 2.05) is 0 Å². The lowest BCUT2D eigenvalue weighted by Crippen LogP contribution is -2.45. The molecule has 0 spiro atoms. The number of carbonyl (C=O) groups is 1. The van der Waals surface area contributed by atoms with Crippen LogP contribution in [0.2, 0.25) is 5.02 Å². The fourth-order valence-corrected chi connectivity index (χ4v) is 4.13. The third kappa shape index (κ3) is 7.04. The molecule has 1 saturated heterocycles. The van der Waals surface area contributed by atoms with Crippen LogP contribution in [-0.4, -0.2) is 56.9 Å². The first-order chi connectivity index (χ1) is 19.2. The van der Waals surface area contributed by atoms with Gasteiger partial charge < -0.3 is 29.6 Å². The number of hydrogen-bond acceptors (Lipinski definition) is 9. The second-order valence-corrected chi connectivity index (χ2v) is 9.42. The molecule has 10 nitrogen and oxygen atoms in total. The van der Waals surface area contributed by atoms with Crippen molar-refractivity contribution in [2.24, 2.45) is 0 Å². The molecule has 1 amide bonds. The molecule has 2 heterocycles. The highest BCUT2D eigenvalue weighted by Gasteiger charge is 2.22. The molecule has 0 unspecified atom stereocenters. The topological polar surface area (TPSA) is 127 Å². The summed E-state index contributed by atoms with van der Waals surface area (Å²) in [5, 5.41) is 19.3. The number of benzene rings is 2. The molecule has 12 heteroatoms. The Labute approximate surface area is 236 Å². The van der Waals surface area contributed by atoms with E-state index in [4.69, 9.17) is 30.5 Å². The van der Waals surface area contributed by atoms with Crippen LogP contribution in [0.15, 0.2) is 48.7 Å². The first-order valence-electron chi connectivity index (χ1n) is 12.4. The summed E-state index contributed by atoms with van der Waals surface area (Å²) in [7, 11) is 3.01. The van der Waals surface area contributed by atoms with Gasteiger partial charge in [-0.2, -0.15) is 5.26 Å². The minimum absolute atomic E-state index is 0.0677. The third-order valence-corrected chi connectivity index (χ3v) is 6.60. The Bertz CT molecular complexity index is 1450. The number of hydrogen-bond donors (Lipinski definition) is 3. The Kier molecular flexibility index (Phi) is 9.52. The molecule has 0 radical (unpaired) electrons. The van der Waals surface area contributed by atoms with Crippen molar-refractivity contribution >= 4 is 45.5 Å². The highest BCUT2D eigenvalue weighted by Crippen LogP contribution is 2.37. The number of pyridine rings is 1. The molecule has 2 aromatic carbocycles. The zero-order valence-corrected chi connectivity index (χ0v) is 23.0. The second-order valence-electron chi connectivity index (χ2n) is 9.01. The Balaban J connectivity index is 1.67. The summed E-state index contributed by atoms with van der Waals surface area (Å²) in [5.74, 6) is -1.56. The molecule has 3 aromatic rings. The van der Waals surface area contributed by atoms with Crippen LogP contribution in [0.1, 0.15) is 18.9 Å². The lowest BCUT2D eigenvalue weighted by atomic mass is 10.1. The summed E-state index contributed by atoms with van der Waals surface area (Å²) in [4.78, 5) is 17.3. The summed E-state index contributed by atoms with van der Waals surface area (Å²) >= 11 is 5.96. The first kappa shape index (κ1) is 29.2. The van der Waals surface area contributed by atoms with Crippen molar-refractivity contribution in [1.29, 1.82) is 5.26 Å². The normalized spacial score (nSPS) is 15.3. The monoisotopic (exact) mass is 569 g/mol. The molecule has 1 fully saturated rings. The van der Waals surface area contributed by atoms with Gasteiger partial charge in [0, 0.05) is 63.5 Å². The quantitative estimate of drug-likeness (QED) is 0.219. The van der Waals surface area contributed by atoms with E-state index in [0.29, 0.717) is 59.9 Å². The standard InChI is InChI=1S/C28H29ClFN5O5/c1-28(37-2,38-3)33-9-4-5-26(36)35-24-12-20-23(13-25(24)40-19-8-10-39-16-19)32-15-17(14-31)27(20)34-18-6-7-22(30)21(29)11-18/h4-7,11-13,15,19,33H,8-10,16H2,1-3H3,(H,32,34)(H,35,36)/t19-/m0/s1. The molecule has 1 atom stereocenters. The number of methoxy groups -OCH3 is 2. The number of ether oxygens (including phenoxy) is 4. The number of carbonyl (C=O) groups excluding carboxylic acids is 1. The third-order valence-electron chi connectivity index (χ3n) is 6.31. The van der Waals surface area contributed by atoms with Crippen LogP contribution in [0.5, 0.6) is 5.75 Å². The van der Waals surface area contributed by atoms with Crippen molar-refractivity contribution < 1.29 is 28.1 Å². The van der Waals surface area contributed by atoms with E-state index in [9.17, 15) is 14.4 Å². The lowest BCUT2D eigenvalue weighted by Gasteiger charge is -2.26. The van der Waals surface area contributed by atoms with Gasteiger partial charge >= 0.3 is 0 Å². The Hall–Kier alpha value is -3.79. The van der Waals surface area contributed by atoms with Crippen LogP contribution >= 0.6 is 11.6 Å². The van der Waals surface area contributed by atoms with Gasteiger partial charge in [-0.1, -0.05) is 17.7 Å². The largest absolute Gasteiger partial charge is 0.486 e. The number of nitrogens with zero attached hydrogens (tertiary/aromatic N) is 2. The van der Waals surface area contributed by atoms with Gasteiger partial charge in [0.25, 0.3) is 0 Å². The van der Waals surface area contributed by atoms with Gasteiger partial charge in [0.1, 0.15) is 23.7 Å². The highest BCUT2D eigenvalue weighted by molar-refractivity contribution is 6.31. The molecule has 0 aliphatic carbocycles. The Morgan fingerprint density at radius 3 is 2.80 bits per heavy atom. The summed E-state index contributed by atoms with van der Waals surface area (Å²) in [6, 6.07) is 9.64. The zero-order chi connectivity index (χ0) is 28.7. The highest BCUT2D eigenvalue weighted by atomic mass is 35.5. The van der Waals surface area contributed by atoms with Crippen molar-refractivity contribution in [2.75, 3.05) is 44.6 Å². The summed E-state index contributed by atoms with van der Waals surface area (Å²) in [6.07, 6.45) is 4.94. The molecule has 0 saturated carbocycles. The molecular formula is C28H29ClFN5O5. The maximum Gasteiger partial charge on any atom is 0.248 e. The lowest BCUT2D eigenvalue weighted by molar-refractivity contribution is -0.212. The van der Waals surface area contributed by atoms with E-state index < -0.39 is 17.6 Å². The summed E-state index contributed by atoms with van der Waals surface area (Å²) in [6.45, 7) is 3.01. The van der Waals surface area contributed by atoms with Crippen LogP contribution in [0.3, 0.4) is 0 Å². The predicted molar refractivity (Wildman–Crippen MR) is 149 cm³/mol. The first-order valence-corrected chi connectivity index (χ1v) is 12.8. The Morgan fingerprint density at radius 1 is 1.32 bits per heavy atom. The van der Waals surface area contributed by atoms with Crippen molar-refractivity contribution in [1.82, 2.24) is 10.3 Å². The van der Waals surface area contributed by atoms with E-state index in [1.54, 1.807) is 25.1 Å². The maximum atomic E-state index is 13.7. The molecule has 3 N–H and O–H groups in total. The van der Waals surface area contributed by atoms with Crippen molar-refractivity contribution in [2.45, 2.75) is 25.4 Å². The van der Waals surface area contributed by atoms with Crippen molar-refractivity contribution in [3.8, 4) is 11.8 Å². The minimum atomic E-state index is -0.993. The molecular weight excluding hydrogens is 541 g/mol. The average Bonchev–Trinajstić information content (AvgIpc) is 3.47. The molecule has 1 aromatic heterocycles. The van der Waals surface area contributed by atoms with E-state index in [2.05, 4.69) is 27.0 Å². The van der Waals surface area contributed by atoms with E-state index >= 15 is 0 Å². The minimum Gasteiger partial charge on any atom is -0.486 e. The molecule has 4 rings (SSSR count). The number of nitriles is 1. The molecule has 1 aliphatic rings. The number of fused-ring (bicyclic) bond motifs is 1. The maximum absolute atomic E-state index is 13.7. The fourth-order valence-electron chi connectivity index (χ4n) is 3.95. The van der Waals surface area contributed by atoms with Crippen LogP contribution in [-0.2, 0) is 19.0 Å². The molecule has 1 aliphatic heterocycles. The van der Waals surface area contributed by atoms with Gasteiger partial charge in [-0.15, -0.1) is 0 Å². The smallest absolute Gasteiger partial charge is 0.248 e. The van der Waals surface area contributed by atoms with E-state index in [0.717, 1.165) is 0 Å². The predicted octanol–water partition coefficient (Wildman–Crippen LogP) is 4.86. The Morgan fingerprint density at radius 2 is 2.12 bits per heavy atom. The number of aromatic nitrogens is 1. The van der Waals surface area contributed by atoms with Crippen LogP contribution < -0.4 is 20.7 Å². The van der Waals surface area contributed by atoms with Gasteiger partial charge in [-0.25, -0.2) is 4.39 Å². The van der Waals surface area contributed by atoms with Gasteiger partial charge in [0.15, 0.2) is 0 Å². The van der Waals surface area contributed by atoms with Crippen molar-refractivity contribution in [3.63, 3.8) is 0 Å². The summed E-state index contributed by atoms with van der Waals surface area (Å²) < 4.78 is 35.8. The van der Waals surface area contributed by atoms with Crippen LogP contribution in [0, 0.1) is 17.1 Å². The van der Waals surface area contributed by atoms with Crippen LogP contribution in [0.25, 0.3) is 10.9 Å². The van der Waals surface area contributed by atoms with Gasteiger partial charge in [0.2, 0.25) is 11.8 Å².